The van der Waals surface area contributed by atoms with Gasteiger partial charge in [-0.25, -0.2) is 19.0 Å². The highest BCUT2D eigenvalue weighted by Crippen LogP contribution is 2.19. The molecular weight excluding hydrogens is 363 g/mol. The maximum atomic E-state index is 13.5. The van der Waals surface area contributed by atoms with Crippen LogP contribution < -0.4 is 5.69 Å². The minimum absolute atomic E-state index is 0.0999. The van der Waals surface area contributed by atoms with Gasteiger partial charge < -0.3 is 0 Å². The van der Waals surface area contributed by atoms with Crippen molar-refractivity contribution in [1.82, 2.24) is 30.0 Å². The maximum Gasteiger partial charge on any atom is 0.361 e. The molecule has 0 spiro atoms. The molecule has 0 bridgehead atoms. The SMILES string of the molecule is Cc1cccc(Cn2nn[nH]c2=O)c1C(=O)c1ccn(-c2cccc(F)c2)n1. The van der Waals surface area contributed by atoms with Gasteiger partial charge in [-0.2, -0.15) is 9.78 Å². The summed E-state index contributed by atoms with van der Waals surface area (Å²) in [6.07, 6.45) is 1.60. The third-order valence-electron chi connectivity index (χ3n) is 4.33. The van der Waals surface area contributed by atoms with E-state index < -0.39 is 5.69 Å². The summed E-state index contributed by atoms with van der Waals surface area (Å²) in [5, 5.41) is 13.7. The van der Waals surface area contributed by atoms with Crippen molar-refractivity contribution in [2.75, 3.05) is 0 Å². The fraction of sp³-hybridized carbons (Fsp3) is 0.105. The van der Waals surface area contributed by atoms with Crippen LogP contribution in [0.15, 0.2) is 59.5 Å². The van der Waals surface area contributed by atoms with Crippen molar-refractivity contribution in [3.8, 4) is 5.69 Å². The molecule has 9 heteroatoms. The Bertz CT molecular complexity index is 1220. The first-order valence-electron chi connectivity index (χ1n) is 8.46. The summed E-state index contributed by atoms with van der Waals surface area (Å²) < 4.78 is 16.0. The van der Waals surface area contributed by atoms with Crippen LogP contribution in [-0.2, 0) is 6.54 Å². The number of tetrazole rings is 1. The van der Waals surface area contributed by atoms with Gasteiger partial charge in [0, 0.05) is 11.8 Å². The zero-order valence-electron chi connectivity index (χ0n) is 14.8. The van der Waals surface area contributed by atoms with Gasteiger partial charge in [0.2, 0.25) is 5.78 Å². The molecule has 2 aromatic heterocycles. The van der Waals surface area contributed by atoms with Crippen LogP contribution in [0.25, 0.3) is 5.69 Å². The number of nitrogens with one attached hydrogen (secondary N) is 1. The first-order valence-corrected chi connectivity index (χ1v) is 8.46. The van der Waals surface area contributed by atoms with Gasteiger partial charge in [-0.3, -0.25) is 4.79 Å². The smallest absolute Gasteiger partial charge is 0.287 e. The van der Waals surface area contributed by atoms with E-state index in [0.29, 0.717) is 16.8 Å². The monoisotopic (exact) mass is 378 g/mol. The minimum Gasteiger partial charge on any atom is -0.287 e. The molecule has 28 heavy (non-hydrogen) atoms. The van der Waals surface area contributed by atoms with Crippen molar-refractivity contribution in [3.05, 3.63) is 93.4 Å². The molecule has 0 unspecified atom stereocenters. The molecule has 8 nitrogen and oxygen atoms in total. The summed E-state index contributed by atoms with van der Waals surface area (Å²) in [4.78, 5) is 24.8. The number of aryl methyl sites for hydroxylation is 1. The number of hydrogen-bond donors (Lipinski definition) is 1. The van der Waals surface area contributed by atoms with Crippen LogP contribution >= 0.6 is 0 Å². The highest BCUT2D eigenvalue weighted by Gasteiger charge is 2.20. The van der Waals surface area contributed by atoms with Gasteiger partial charge in [0.1, 0.15) is 11.5 Å². The third-order valence-corrected chi connectivity index (χ3v) is 4.33. The van der Waals surface area contributed by atoms with Gasteiger partial charge in [0.05, 0.1) is 12.2 Å². The lowest BCUT2D eigenvalue weighted by Gasteiger charge is -2.10. The Balaban J connectivity index is 1.71. The number of hydrogen-bond acceptors (Lipinski definition) is 5. The number of carbonyl (C=O) groups excluding carboxylic acids is 1. The van der Waals surface area contributed by atoms with E-state index in [1.807, 2.05) is 13.0 Å². The van der Waals surface area contributed by atoms with Gasteiger partial charge >= 0.3 is 5.69 Å². The Morgan fingerprint density at radius 3 is 2.75 bits per heavy atom. The van der Waals surface area contributed by atoms with Crippen LogP contribution in [0.5, 0.6) is 0 Å². The molecular formula is C19H15FN6O2. The van der Waals surface area contributed by atoms with E-state index in [0.717, 1.165) is 10.2 Å². The number of H-pyrrole nitrogens is 1. The Hall–Kier alpha value is -3.88. The lowest BCUT2D eigenvalue weighted by atomic mass is 9.96. The first kappa shape index (κ1) is 17.5. The Labute approximate surface area is 158 Å². The molecule has 4 aromatic rings. The highest BCUT2D eigenvalue weighted by molar-refractivity contribution is 6.09. The first-order chi connectivity index (χ1) is 13.5. The molecule has 0 atom stereocenters. The molecule has 0 aliphatic carbocycles. The van der Waals surface area contributed by atoms with E-state index in [9.17, 15) is 14.0 Å². The zero-order chi connectivity index (χ0) is 19.7. The van der Waals surface area contributed by atoms with Crippen molar-refractivity contribution < 1.29 is 9.18 Å². The molecule has 1 N–H and O–H groups in total. The molecule has 0 aliphatic rings. The predicted molar refractivity (Wildman–Crippen MR) is 97.9 cm³/mol. The van der Waals surface area contributed by atoms with Gasteiger partial charge in [-0.1, -0.05) is 24.3 Å². The van der Waals surface area contributed by atoms with Gasteiger partial charge in [-0.15, -0.1) is 0 Å². The zero-order valence-corrected chi connectivity index (χ0v) is 14.8. The quantitative estimate of drug-likeness (QED) is 0.535. The Morgan fingerprint density at radius 2 is 2.00 bits per heavy atom. The molecule has 0 saturated carbocycles. The molecule has 4 rings (SSSR count). The third kappa shape index (κ3) is 3.25. The number of benzene rings is 2. The summed E-state index contributed by atoms with van der Waals surface area (Å²) in [5.74, 6) is -0.681. The van der Waals surface area contributed by atoms with Crippen LogP contribution in [0.1, 0.15) is 27.2 Å². The Kier molecular flexibility index (Phi) is 4.40. The van der Waals surface area contributed by atoms with Crippen molar-refractivity contribution >= 4 is 5.78 Å². The fourth-order valence-electron chi connectivity index (χ4n) is 3.00. The minimum atomic E-state index is -0.463. The van der Waals surface area contributed by atoms with Gasteiger partial charge in [0.15, 0.2) is 0 Å². The maximum absolute atomic E-state index is 13.5. The highest BCUT2D eigenvalue weighted by atomic mass is 19.1. The topological polar surface area (TPSA) is 98.5 Å². The predicted octanol–water partition coefficient (Wildman–Crippen LogP) is 1.88. The lowest BCUT2D eigenvalue weighted by molar-refractivity contribution is 0.103. The Morgan fingerprint density at radius 1 is 1.18 bits per heavy atom. The second kappa shape index (κ2) is 7.03. The second-order valence-corrected chi connectivity index (χ2v) is 6.23. The van der Waals surface area contributed by atoms with Crippen LogP contribution in [0.3, 0.4) is 0 Å². The summed E-state index contributed by atoms with van der Waals surface area (Å²) in [6, 6.07) is 12.9. The summed E-state index contributed by atoms with van der Waals surface area (Å²) in [7, 11) is 0. The van der Waals surface area contributed by atoms with E-state index in [1.54, 1.807) is 36.5 Å². The van der Waals surface area contributed by atoms with Crippen LogP contribution in [-0.4, -0.2) is 35.8 Å². The average molecular weight is 378 g/mol. The molecule has 140 valence electrons. The summed E-state index contributed by atoms with van der Waals surface area (Å²) >= 11 is 0. The number of carbonyl (C=O) groups is 1. The van der Waals surface area contributed by atoms with Crippen LogP contribution in [0, 0.1) is 12.7 Å². The van der Waals surface area contributed by atoms with Gasteiger partial charge in [0.25, 0.3) is 0 Å². The number of halogens is 1. The van der Waals surface area contributed by atoms with Crippen molar-refractivity contribution in [2.24, 2.45) is 0 Å². The number of nitrogens with zero attached hydrogens (tertiary/aromatic N) is 5. The summed E-state index contributed by atoms with van der Waals surface area (Å²) in [5.41, 5.74) is 2.09. The van der Waals surface area contributed by atoms with Gasteiger partial charge in [-0.05, 0) is 52.7 Å². The largest absolute Gasteiger partial charge is 0.361 e. The van der Waals surface area contributed by atoms with E-state index in [4.69, 9.17) is 0 Å². The van der Waals surface area contributed by atoms with E-state index in [1.165, 1.54) is 16.8 Å². The van der Waals surface area contributed by atoms with E-state index >= 15 is 0 Å². The number of aromatic nitrogens is 6. The molecule has 0 saturated heterocycles. The van der Waals surface area contributed by atoms with Crippen molar-refractivity contribution in [2.45, 2.75) is 13.5 Å². The lowest BCUT2D eigenvalue weighted by Crippen LogP contribution is -2.21. The number of ketones is 1. The second-order valence-electron chi connectivity index (χ2n) is 6.23. The number of rotatable bonds is 5. The molecule has 0 amide bonds. The molecule has 0 radical (unpaired) electrons. The molecule has 2 heterocycles. The molecule has 2 aromatic carbocycles. The van der Waals surface area contributed by atoms with Crippen molar-refractivity contribution in [3.63, 3.8) is 0 Å². The molecule has 0 fully saturated rings. The van der Waals surface area contributed by atoms with Crippen LogP contribution in [0.2, 0.25) is 0 Å². The van der Waals surface area contributed by atoms with E-state index in [2.05, 4.69) is 20.6 Å². The molecule has 0 aliphatic heterocycles. The van der Waals surface area contributed by atoms with Crippen LogP contribution in [0.4, 0.5) is 4.39 Å². The van der Waals surface area contributed by atoms with E-state index in [-0.39, 0.29) is 23.8 Å². The standard InChI is InChI=1S/C19H15FN6O2/c1-12-4-2-5-13(11-26-19(28)21-23-24-26)17(12)18(27)16-8-9-25(22-16)15-7-3-6-14(20)10-15/h2-10H,11H2,1H3,(H,21,24,28). The number of aromatic amines is 1. The summed E-state index contributed by atoms with van der Waals surface area (Å²) in [6.45, 7) is 1.91. The average Bonchev–Trinajstić information content (AvgIpc) is 3.31. The fourth-order valence-corrected chi connectivity index (χ4v) is 3.00. The normalized spacial score (nSPS) is 10.9. The van der Waals surface area contributed by atoms with Crippen molar-refractivity contribution in [1.29, 1.82) is 0 Å².